The molecule has 1 rings (SSSR count). The Morgan fingerprint density at radius 2 is 2.10 bits per heavy atom. The summed E-state index contributed by atoms with van der Waals surface area (Å²) in [6.07, 6.45) is 0.232. The number of nitrogens with one attached hydrogen (secondary N) is 1. The first kappa shape index (κ1) is 17.1. The summed E-state index contributed by atoms with van der Waals surface area (Å²) in [6.45, 7) is 3.31. The second-order valence-corrected chi connectivity index (χ2v) is 4.21. The predicted octanol–water partition coefficient (Wildman–Crippen LogP) is -0.337. The minimum absolute atomic E-state index is 0.0405. The molecule has 0 atom stereocenters. The quantitative estimate of drug-likeness (QED) is 0.473. The normalized spacial score (nSPS) is 10.6. The van der Waals surface area contributed by atoms with Gasteiger partial charge in [0.1, 0.15) is 11.6 Å². The molecule has 118 valence electrons. The second-order valence-electron chi connectivity index (χ2n) is 4.21. The van der Waals surface area contributed by atoms with E-state index < -0.39 is 11.5 Å². The zero-order chi connectivity index (χ0) is 15.7. The number of nitrogens with two attached hydrogens (primary N) is 1. The third-order valence-corrected chi connectivity index (χ3v) is 2.64. The third-order valence-electron chi connectivity index (χ3n) is 2.64. The number of rotatable bonds is 9. The molecular formula is C13H21N3O5. The van der Waals surface area contributed by atoms with Crippen LogP contribution < -0.4 is 11.3 Å². The van der Waals surface area contributed by atoms with Gasteiger partial charge in [-0.05, 0) is 6.92 Å². The van der Waals surface area contributed by atoms with Crippen LogP contribution in [-0.2, 0) is 31.8 Å². The van der Waals surface area contributed by atoms with E-state index in [1.807, 2.05) is 0 Å². The van der Waals surface area contributed by atoms with Crippen molar-refractivity contribution in [1.29, 1.82) is 0 Å². The highest BCUT2D eigenvalue weighted by Gasteiger charge is 2.14. The van der Waals surface area contributed by atoms with Crippen LogP contribution in [0.2, 0.25) is 0 Å². The standard InChI is InChI=1S/C13H21N3O5/c1-3-21-11(17)8-9-12(14)15-10(16-13(9)18)4-5-20-7-6-19-2/h3-8H2,1-2H3,(H3,14,15,16,18). The van der Waals surface area contributed by atoms with Gasteiger partial charge in [0, 0.05) is 13.5 Å². The summed E-state index contributed by atoms with van der Waals surface area (Å²) in [5.74, 6) is -0.0478. The van der Waals surface area contributed by atoms with Gasteiger partial charge in [0.2, 0.25) is 0 Å². The van der Waals surface area contributed by atoms with Gasteiger partial charge >= 0.3 is 5.97 Å². The molecule has 3 N–H and O–H groups in total. The Bertz CT molecular complexity index is 515. The second kappa shape index (κ2) is 9.09. The number of hydrogen-bond donors (Lipinski definition) is 2. The fourth-order valence-corrected chi connectivity index (χ4v) is 1.62. The Balaban J connectivity index is 2.62. The number of esters is 1. The van der Waals surface area contributed by atoms with E-state index in [4.69, 9.17) is 19.9 Å². The van der Waals surface area contributed by atoms with E-state index in [2.05, 4.69) is 9.97 Å². The topological polar surface area (TPSA) is 117 Å². The van der Waals surface area contributed by atoms with Crippen LogP contribution in [0.15, 0.2) is 4.79 Å². The van der Waals surface area contributed by atoms with E-state index in [1.54, 1.807) is 14.0 Å². The number of aromatic amines is 1. The number of hydrogen-bond acceptors (Lipinski definition) is 7. The zero-order valence-corrected chi connectivity index (χ0v) is 12.3. The van der Waals surface area contributed by atoms with E-state index in [-0.39, 0.29) is 24.4 Å². The lowest BCUT2D eigenvalue weighted by atomic mass is 10.2. The molecule has 1 aromatic rings. The first-order chi connectivity index (χ1) is 10.1. The highest BCUT2D eigenvalue weighted by atomic mass is 16.5. The van der Waals surface area contributed by atoms with Crippen molar-refractivity contribution < 1.29 is 19.0 Å². The number of nitrogen functional groups attached to an aromatic ring is 1. The number of ether oxygens (including phenoxy) is 3. The number of anilines is 1. The predicted molar refractivity (Wildman–Crippen MR) is 76.0 cm³/mol. The van der Waals surface area contributed by atoms with Crippen LogP contribution in [0, 0.1) is 0 Å². The number of carbonyl (C=O) groups is 1. The molecule has 0 aromatic carbocycles. The van der Waals surface area contributed by atoms with Gasteiger partial charge in [0.15, 0.2) is 0 Å². The monoisotopic (exact) mass is 299 g/mol. The molecule has 0 aliphatic rings. The summed E-state index contributed by atoms with van der Waals surface area (Å²) in [5, 5.41) is 0. The first-order valence-corrected chi connectivity index (χ1v) is 6.68. The molecule has 0 bridgehead atoms. The van der Waals surface area contributed by atoms with Crippen molar-refractivity contribution in [3.05, 3.63) is 21.7 Å². The summed E-state index contributed by atoms with van der Waals surface area (Å²) in [6, 6.07) is 0. The molecule has 0 fully saturated rings. The fraction of sp³-hybridized carbons (Fsp3) is 0.615. The SMILES string of the molecule is CCOC(=O)Cc1c(N)nc(CCOCCOC)[nH]c1=O. The highest BCUT2D eigenvalue weighted by molar-refractivity contribution is 5.74. The van der Waals surface area contributed by atoms with Gasteiger partial charge < -0.3 is 24.9 Å². The first-order valence-electron chi connectivity index (χ1n) is 6.68. The van der Waals surface area contributed by atoms with Gasteiger partial charge in [-0.15, -0.1) is 0 Å². The molecule has 0 amide bonds. The summed E-state index contributed by atoms with van der Waals surface area (Å²) >= 11 is 0. The van der Waals surface area contributed by atoms with Crippen LogP contribution >= 0.6 is 0 Å². The molecule has 0 saturated heterocycles. The molecule has 1 aromatic heterocycles. The van der Waals surface area contributed by atoms with Crippen molar-refractivity contribution in [3.8, 4) is 0 Å². The molecule has 0 aliphatic heterocycles. The van der Waals surface area contributed by atoms with Gasteiger partial charge in [-0.2, -0.15) is 0 Å². The lowest BCUT2D eigenvalue weighted by Gasteiger charge is -2.07. The maximum Gasteiger partial charge on any atom is 0.310 e. The van der Waals surface area contributed by atoms with Gasteiger partial charge in [-0.1, -0.05) is 0 Å². The maximum absolute atomic E-state index is 11.9. The van der Waals surface area contributed by atoms with Crippen LogP contribution in [0.5, 0.6) is 0 Å². The van der Waals surface area contributed by atoms with Crippen molar-refractivity contribution in [3.63, 3.8) is 0 Å². The number of nitrogens with zero attached hydrogens (tertiary/aromatic N) is 1. The van der Waals surface area contributed by atoms with Crippen LogP contribution in [0.4, 0.5) is 5.82 Å². The largest absolute Gasteiger partial charge is 0.466 e. The molecule has 1 heterocycles. The van der Waals surface area contributed by atoms with Gasteiger partial charge in [0.25, 0.3) is 5.56 Å². The van der Waals surface area contributed by atoms with E-state index in [9.17, 15) is 9.59 Å². The lowest BCUT2D eigenvalue weighted by molar-refractivity contribution is -0.142. The number of methoxy groups -OCH3 is 1. The van der Waals surface area contributed by atoms with Crippen molar-refractivity contribution in [1.82, 2.24) is 9.97 Å². The summed E-state index contributed by atoms with van der Waals surface area (Å²) in [5.41, 5.74) is 5.41. The molecule has 0 spiro atoms. The zero-order valence-electron chi connectivity index (χ0n) is 12.3. The Hall–Kier alpha value is -1.93. The van der Waals surface area contributed by atoms with E-state index in [0.29, 0.717) is 32.1 Å². The lowest BCUT2D eigenvalue weighted by Crippen LogP contribution is -2.23. The maximum atomic E-state index is 11.9. The average Bonchev–Trinajstić information content (AvgIpc) is 2.43. The molecular weight excluding hydrogens is 278 g/mol. The summed E-state index contributed by atoms with van der Waals surface area (Å²) in [4.78, 5) is 29.9. The molecule has 8 nitrogen and oxygen atoms in total. The molecule has 0 aliphatic carbocycles. The molecule has 8 heteroatoms. The molecule has 0 saturated carbocycles. The van der Waals surface area contributed by atoms with E-state index in [0.717, 1.165) is 0 Å². The van der Waals surface area contributed by atoms with Crippen LogP contribution in [-0.4, -0.2) is 49.5 Å². The van der Waals surface area contributed by atoms with E-state index >= 15 is 0 Å². The van der Waals surface area contributed by atoms with Crippen LogP contribution in [0.3, 0.4) is 0 Å². The van der Waals surface area contributed by atoms with Crippen LogP contribution in [0.1, 0.15) is 18.3 Å². The summed E-state index contributed by atoms with van der Waals surface area (Å²) < 4.78 is 14.9. The highest BCUT2D eigenvalue weighted by Crippen LogP contribution is 2.05. The third kappa shape index (κ3) is 5.92. The Morgan fingerprint density at radius 1 is 1.33 bits per heavy atom. The van der Waals surface area contributed by atoms with Crippen molar-refractivity contribution >= 4 is 11.8 Å². The minimum atomic E-state index is -0.507. The van der Waals surface area contributed by atoms with Crippen molar-refractivity contribution in [2.75, 3.05) is 39.3 Å². The van der Waals surface area contributed by atoms with Gasteiger partial charge in [-0.3, -0.25) is 9.59 Å². The van der Waals surface area contributed by atoms with Crippen molar-refractivity contribution in [2.45, 2.75) is 19.8 Å². The Labute approximate surface area is 122 Å². The van der Waals surface area contributed by atoms with Crippen LogP contribution in [0.25, 0.3) is 0 Å². The van der Waals surface area contributed by atoms with Gasteiger partial charge in [0.05, 0.1) is 38.4 Å². The van der Waals surface area contributed by atoms with E-state index in [1.165, 1.54) is 0 Å². The number of aromatic nitrogens is 2. The number of H-pyrrole nitrogens is 1. The minimum Gasteiger partial charge on any atom is -0.466 e. The molecule has 0 unspecified atom stereocenters. The van der Waals surface area contributed by atoms with Gasteiger partial charge in [-0.25, -0.2) is 4.98 Å². The van der Waals surface area contributed by atoms with Crippen molar-refractivity contribution in [2.24, 2.45) is 0 Å². The smallest absolute Gasteiger partial charge is 0.310 e. The average molecular weight is 299 g/mol. The Kier molecular flexibility index (Phi) is 7.41. The summed E-state index contributed by atoms with van der Waals surface area (Å²) in [7, 11) is 1.59. The number of carbonyl (C=O) groups excluding carboxylic acids is 1. The fourth-order valence-electron chi connectivity index (χ4n) is 1.62. The molecule has 21 heavy (non-hydrogen) atoms. The molecule has 0 radical (unpaired) electrons. The Morgan fingerprint density at radius 3 is 2.71 bits per heavy atom.